The van der Waals surface area contributed by atoms with Crippen molar-refractivity contribution in [1.29, 1.82) is 0 Å². The van der Waals surface area contributed by atoms with Crippen LogP contribution in [0.5, 0.6) is 0 Å². The Balaban J connectivity index is 1.61. The van der Waals surface area contributed by atoms with Gasteiger partial charge in [-0.25, -0.2) is 0 Å². The van der Waals surface area contributed by atoms with Gasteiger partial charge in [0.25, 0.3) is 0 Å². The van der Waals surface area contributed by atoms with Gasteiger partial charge < -0.3 is 5.32 Å². The second-order valence-electron chi connectivity index (χ2n) is 5.77. The smallest absolute Gasteiger partial charge is 0.221 e. The minimum absolute atomic E-state index is 0.155. The van der Waals surface area contributed by atoms with Crippen LogP contribution in [-0.2, 0) is 4.79 Å². The lowest BCUT2D eigenvalue weighted by molar-refractivity contribution is -0.121. The Morgan fingerprint density at radius 1 is 1.19 bits per heavy atom. The van der Waals surface area contributed by atoms with E-state index in [2.05, 4.69) is 5.32 Å². The Morgan fingerprint density at radius 2 is 2.00 bits per heavy atom. The predicted molar refractivity (Wildman–Crippen MR) is 64.3 cm³/mol. The SMILES string of the molecule is O=C(CCCl)NC1CC2CC1C1CCCC21. The molecule has 0 aliphatic heterocycles. The van der Waals surface area contributed by atoms with Crippen molar-refractivity contribution in [3.63, 3.8) is 0 Å². The van der Waals surface area contributed by atoms with Crippen LogP contribution in [0, 0.1) is 23.7 Å². The number of hydrogen-bond acceptors (Lipinski definition) is 1. The Labute approximate surface area is 102 Å². The maximum atomic E-state index is 11.6. The van der Waals surface area contributed by atoms with E-state index in [4.69, 9.17) is 11.6 Å². The number of carbonyl (C=O) groups excluding carboxylic acids is 1. The third kappa shape index (κ3) is 1.66. The lowest BCUT2D eigenvalue weighted by atomic mass is 9.79. The molecule has 0 heterocycles. The lowest BCUT2D eigenvalue weighted by Crippen LogP contribution is -2.42. The molecule has 5 unspecified atom stereocenters. The first-order chi connectivity index (χ1) is 7.79. The molecule has 5 atom stereocenters. The van der Waals surface area contributed by atoms with Gasteiger partial charge in [-0.05, 0) is 49.4 Å². The highest BCUT2D eigenvalue weighted by Crippen LogP contribution is 2.58. The second-order valence-corrected chi connectivity index (χ2v) is 6.14. The van der Waals surface area contributed by atoms with Crippen LogP contribution in [0.4, 0.5) is 0 Å². The molecule has 16 heavy (non-hydrogen) atoms. The van der Waals surface area contributed by atoms with Crippen molar-refractivity contribution in [1.82, 2.24) is 5.32 Å². The molecule has 3 saturated carbocycles. The Bertz CT molecular complexity index is 294. The number of rotatable bonds is 3. The molecule has 2 nitrogen and oxygen atoms in total. The van der Waals surface area contributed by atoms with Gasteiger partial charge in [-0.1, -0.05) is 6.42 Å². The van der Waals surface area contributed by atoms with Gasteiger partial charge in [0.2, 0.25) is 5.91 Å². The molecule has 3 rings (SSSR count). The largest absolute Gasteiger partial charge is 0.353 e. The summed E-state index contributed by atoms with van der Waals surface area (Å²) >= 11 is 5.59. The van der Waals surface area contributed by atoms with Crippen molar-refractivity contribution in [3.8, 4) is 0 Å². The highest BCUT2D eigenvalue weighted by molar-refractivity contribution is 6.18. The maximum Gasteiger partial charge on any atom is 0.221 e. The fourth-order valence-corrected chi connectivity index (χ4v) is 4.77. The van der Waals surface area contributed by atoms with Gasteiger partial charge in [0, 0.05) is 18.3 Å². The molecular weight excluding hydrogens is 222 g/mol. The van der Waals surface area contributed by atoms with Gasteiger partial charge in [-0.3, -0.25) is 4.79 Å². The van der Waals surface area contributed by atoms with Gasteiger partial charge in [0.15, 0.2) is 0 Å². The number of amides is 1. The molecule has 1 amide bonds. The third-order valence-corrected chi connectivity index (χ3v) is 5.29. The Morgan fingerprint density at radius 3 is 2.81 bits per heavy atom. The second kappa shape index (κ2) is 4.21. The summed E-state index contributed by atoms with van der Waals surface area (Å²) in [7, 11) is 0. The number of nitrogens with one attached hydrogen (secondary N) is 1. The number of halogens is 1. The van der Waals surface area contributed by atoms with E-state index in [1.54, 1.807) is 0 Å². The molecule has 0 aromatic carbocycles. The number of hydrogen-bond donors (Lipinski definition) is 1. The first kappa shape index (κ1) is 10.9. The molecule has 3 fully saturated rings. The molecule has 3 aliphatic rings. The van der Waals surface area contributed by atoms with Crippen LogP contribution in [0.2, 0.25) is 0 Å². The van der Waals surface area contributed by atoms with Crippen molar-refractivity contribution in [2.45, 2.75) is 44.6 Å². The van der Waals surface area contributed by atoms with Crippen LogP contribution in [-0.4, -0.2) is 17.8 Å². The van der Waals surface area contributed by atoms with Crippen LogP contribution >= 0.6 is 11.6 Å². The number of alkyl halides is 1. The first-order valence-electron chi connectivity index (χ1n) is 6.65. The van der Waals surface area contributed by atoms with E-state index in [1.807, 2.05) is 0 Å². The molecule has 3 heteroatoms. The molecule has 90 valence electrons. The van der Waals surface area contributed by atoms with Gasteiger partial charge in [0.1, 0.15) is 0 Å². The van der Waals surface area contributed by atoms with Crippen LogP contribution in [0.25, 0.3) is 0 Å². The van der Waals surface area contributed by atoms with E-state index >= 15 is 0 Å². The quantitative estimate of drug-likeness (QED) is 0.756. The summed E-state index contributed by atoms with van der Waals surface area (Å²) in [6, 6.07) is 0.472. The molecule has 2 bridgehead atoms. The van der Waals surface area contributed by atoms with Gasteiger partial charge in [0.05, 0.1) is 0 Å². The van der Waals surface area contributed by atoms with E-state index in [0.717, 1.165) is 23.7 Å². The minimum Gasteiger partial charge on any atom is -0.353 e. The minimum atomic E-state index is 0.155. The van der Waals surface area contributed by atoms with E-state index < -0.39 is 0 Å². The zero-order valence-electron chi connectivity index (χ0n) is 9.62. The van der Waals surface area contributed by atoms with Gasteiger partial charge >= 0.3 is 0 Å². The van der Waals surface area contributed by atoms with Gasteiger partial charge in [-0.2, -0.15) is 0 Å². The fourth-order valence-electron chi connectivity index (χ4n) is 4.60. The summed E-state index contributed by atoms with van der Waals surface area (Å²) in [6.07, 6.45) is 7.37. The zero-order valence-corrected chi connectivity index (χ0v) is 10.4. The van der Waals surface area contributed by atoms with Crippen LogP contribution in [0.3, 0.4) is 0 Å². The van der Waals surface area contributed by atoms with Crippen molar-refractivity contribution in [3.05, 3.63) is 0 Å². The van der Waals surface area contributed by atoms with Crippen LogP contribution < -0.4 is 5.32 Å². The van der Waals surface area contributed by atoms with E-state index in [1.165, 1.54) is 32.1 Å². The average molecular weight is 242 g/mol. The maximum absolute atomic E-state index is 11.6. The normalized spacial score (nSPS) is 44.7. The first-order valence-corrected chi connectivity index (χ1v) is 7.18. The summed E-state index contributed by atoms with van der Waals surface area (Å²) in [4.78, 5) is 11.6. The lowest BCUT2D eigenvalue weighted by Gasteiger charge is -2.32. The van der Waals surface area contributed by atoms with E-state index in [-0.39, 0.29) is 5.91 Å². The van der Waals surface area contributed by atoms with Crippen LogP contribution in [0.1, 0.15) is 38.5 Å². The highest BCUT2D eigenvalue weighted by atomic mass is 35.5. The van der Waals surface area contributed by atoms with Crippen LogP contribution in [0.15, 0.2) is 0 Å². The molecular formula is C13H20ClNO. The molecule has 0 aromatic rings. The highest BCUT2D eigenvalue weighted by Gasteiger charge is 2.53. The van der Waals surface area contributed by atoms with Crippen molar-refractivity contribution < 1.29 is 4.79 Å². The van der Waals surface area contributed by atoms with Crippen molar-refractivity contribution in [2.24, 2.45) is 23.7 Å². The van der Waals surface area contributed by atoms with Crippen molar-refractivity contribution in [2.75, 3.05) is 5.88 Å². The van der Waals surface area contributed by atoms with Gasteiger partial charge in [-0.15, -0.1) is 11.6 Å². The Kier molecular flexibility index (Phi) is 2.87. The molecule has 0 spiro atoms. The van der Waals surface area contributed by atoms with E-state index in [9.17, 15) is 4.79 Å². The predicted octanol–water partition coefficient (Wildman–Crippen LogP) is 2.56. The summed E-state index contributed by atoms with van der Waals surface area (Å²) in [5, 5.41) is 3.20. The molecule has 1 N–H and O–H groups in total. The fraction of sp³-hybridized carbons (Fsp3) is 0.923. The standard InChI is InChI=1S/C13H20ClNO/c14-5-4-13(16)15-12-7-8-6-11(12)10-3-1-2-9(8)10/h8-12H,1-7H2,(H,15,16). The molecule has 0 radical (unpaired) electrons. The van der Waals surface area contributed by atoms with Crippen molar-refractivity contribution >= 4 is 17.5 Å². The molecule has 0 saturated heterocycles. The number of carbonyl (C=O) groups is 1. The summed E-state index contributed by atoms with van der Waals surface area (Å²) < 4.78 is 0. The average Bonchev–Trinajstić information content (AvgIpc) is 2.86. The Hall–Kier alpha value is -0.240. The zero-order chi connectivity index (χ0) is 11.1. The summed E-state index contributed by atoms with van der Waals surface area (Å²) in [5.74, 6) is 4.24. The molecule has 0 aromatic heterocycles. The number of fused-ring (bicyclic) bond motifs is 5. The van der Waals surface area contributed by atoms with E-state index in [0.29, 0.717) is 18.3 Å². The molecule has 3 aliphatic carbocycles. The summed E-state index contributed by atoms with van der Waals surface area (Å²) in [5.41, 5.74) is 0. The summed E-state index contributed by atoms with van der Waals surface area (Å²) in [6.45, 7) is 0. The third-order valence-electron chi connectivity index (χ3n) is 5.10. The monoisotopic (exact) mass is 241 g/mol. The topological polar surface area (TPSA) is 29.1 Å².